The summed E-state index contributed by atoms with van der Waals surface area (Å²) >= 11 is 0. The van der Waals surface area contributed by atoms with Gasteiger partial charge in [-0.15, -0.1) is 0 Å². The van der Waals surface area contributed by atoms with Crippen LogP contribution in [-0.2, 0) is 9.53 Å². The highest BCUT2D eigenvalue weighted by Gasteiger charge is 2.18. The first-order chi connectivity index (χ1) is 6.22. The Morgan fingerprint density at radius 1 is 1.69 bits per heavy atom. The van der Waals surface area contributed by atoms with Crippen molar-refractivity contribution in [2.75, 3.05) is 26.7 Å². The molecule has 0 aromatic heterocycles. The third kappa shape index (κ3) is 3.74. The first kappa shape index (κ1) is 10.5. The van der Waals surface area contributed by atoms with Crippen molar-refractivity contribution in [3.63, 3.8) is 0 Å². The number of esters is 1. The Labute approximate surface area is 79.0 Å². The Balaban J connectivity index is 2.03. The molecule has 1 rings (SSSR count). The zero-order chi connectivity index (χ0) is 9.68. The highest BCUT2D eigenvalue weighted by atomic mass is 16.5. The first-order valence-electron chi connectivity index (χ1n) is 4.77. The fourth-order valence-electron chi connectivity index (χ4n) is 1.61. The number of likely N-dealkylation sites (tertiary alicyclic amines) is 1. The molecule has 4 heteroatoms. The molecule has 1 fully saturated rings. The van der Waals surface area contributed by atoms with E-state index in [4.69, 9.17) is 5.73 Å². The molecule has 1 aliphatic rings. The summed E-state index contributed by atoms with van der Waals surface area (Å²) in [6.45, 7) is 3.01. The molecule has 4 nitrogen and oxygen atoms in total. The average Bonchev–Trinajstić information content (AvgIpc) is 2.51. The van der Waals surface area contributed by atoms with Gasteiger partial charge in [-0.05, 0) is 25.9 Å². The van der Waals surface area contributed by atoms with Crippen LogP contribution in [0.15, 0.2) is 0 Å². The third-order valence-electron chi connectivity index (χ3n) is 2.39. The van der Waals surface area contributed by atoms with E-state index in [1.807, 2.05) is 0 Å². The average molecular weight is 186 g/mol. The van der Waals surface area contributed by atoms with Crippen LogP contribution >= 0.6 is 0 Å². The van der Waals surface area contributed by atoms with Crippen molar-refractivity contribution in [1.29, 1.82) is 0 Å². The number of rotatable bonds is 4. The molecule has 0 radical (unpaired) electrons. The quantitative estimate of drug-likeness (QED) is 0.627. The number of nitrogens with zero attached hydrogens (tertiary/aromatic N) is 1. The number of nitrogens with two attached hydrogens (primary N) is 1. The smallest absolute Gasteiger partial charge is 0.305 e. The van der Waals surface area contributed by atoms with Crippen LogP contribution < -0.4 is 5.73 Å². The first-order valence-corrected chi connectivity index (χ1v) is 4.77. The van der Waals surface area contributed by atoms with Crippen molar-refractivity contribution >= 4 is 5.97 Å². The lowest BCUT2D eigenvalue weighted by atomic mass is 10.3. The van der Waals surface area contributed by atoms with E-state index in [0.29, 0.717) is 12.5 Å². The minimum absolute atomic E-state index is 0.122. The summed E-state index contributed by atoms with van der Waals surface area (Å²) in [5.74, 6) is -0.122. The van der Waals surface area contributed by atoms with E-state index in [9.17, 15) is 4.79 Å². The van der Waals surface area contributed by atoms with Crippen LogP contribution in [0.4, 0.5) is 0 Å². The van der Waals surface area contributed by atoms with E-state index in [0.717, 1.165) is 32.5 Å². The van der Waals surface area contributed by atoms with Crippen molar-refractivity contribution in [3.8, 4) is 0 Å². The summed E-state index contributed by atoms with van der Waals surface area (Å²) in [7, 11) is 1.42. The maximum absolute atomic E-state index is 10.8. The van der Waals surface area contributed by atoms with Crippen LogP contribution in [-0.4, -0.2) is 43.7 Å². The molecule has 0 aromatic rings. The lowest BCUT2D eigenvalue weighted by Crippen LogP contribution is -2.27. The highest BCUT2D eigenvalue weighted by molar-refractivity contribution is 5.69. The van der Waals surface area contributed by atoms with Gasteiger partial charge in [-0.25, -0.2) is 0 Å². The summed E-state index contributed by atoms with van der Waals surface area (Å²) in [5.41, 5.74) is 5.75. The summed E-state index contributed by atoms with van der Waals surface area (Å²) in [6, 6.07) is 0.332. The summed E-state index contributed by atoms with van der Waals surface area (Å²) in [4.78, 5) is 13.1. The number of carbonyl (C=O) groups excluding carboxylic acids is 1. The molecular formula is C9H18N2O2. The van der Waals surface area contributed by atoms with Gasteiger partial charge >= 0.3 is 5.97 Å². The SMILES string of the molecule is COC(=O)CCCN1CCC(N)C1. The molecule has 13 heavy (non-hydrogen) atoms. The van der Waals surface area contributed by atoms with Gasteiger partial charge in [0.2, 0.25) is 0 Å². The fourth-order valence-corrected chi connectivity index (χ4v) is 1.61. The molecular weight excluding hydrogens is 168 g/mol. The van der Waals surface area contributed by atoms with Gasteiger partial charge in [-0.3, -0.25) is 4.79 Å². The van der Waals surface area contributed by atoms with Crippen molar-refractivity contribution in [2.45, 2.75) is 25.3 Å². The van der Waals surface area contributed by atoms with E-state index in [1.54, 1.807) is 0 Å². The molecule has 1 heterocycles. The molecule has 0 saturated carbocycles. The molecule has 1 unspecified atom stereocenters. The zero-order valence-electron chi connectivity index (χ0n) is 8.16. The number of hydrogen-bond donors (Lipinski definition) is 1. The molecule has 0 bridgehead atoms. The lowest BCUT2D eigenvalue weighted by molar-refractivity contribution is -0.140. The van der Waals surface area contributed by atoms with Crippen LogP contribution in [0, 0.1) is 0 Å². The predicted molar refractivity (Wildman–Crippen MR) is 50.3 cm³/mol. The maximum Gasteiger partial charge on any atom is 0.305 e. The largest absolute Gasteiger partial charge is 0.469 e. The monoisotopic (exact) mass is 186 g/mol. The van der Waals surface area contributed by atoms with Crippen LogP contribution in [0.25, 0.3) is 0 Å². The lowest BCUT2D eigenvalue weighted by Gasteiger charge is -2.13. The van der Waals surface area contributed by atoms with E-state index in [1.165, 1.54) is 7.11 Å². The number of hydrogen-bond acceptors (Lipinski definition) is 4. The molecule has 76 valence electrons. The normalized spacial score (nSPS) is 23.4. The summed E-state index contributed by atoms with van der Waals surface area (Å²) in [6.07, 6.45) is 2.47. The summed E-state index contributed by atoms with van der Waals surface area (Å²) in [5, 5.41) is 0. The molecule has 1 aliphatic heterocycles. The van der Waals surface area contributed by atoms with E-state index in [-0.39, 0.29) is 5.97 Å². The molecule has 1 atom stereocenters. The minimum Gasteiger partial charge on any atom is -0.469 e. The molecule has 0 spiro atoms. The van der Waals surface area contributed by atoms with Gasteiger partial charge in [0.15, 0.2) is 0 Å². The molecule has 0 amide bonds. The number of carbonyl (C=O) groups is 1. The van der Waals surface area contributed by atoms with Gasteiger partial charge in [0.25, 0.3) is 0 Å². The Bertz CT molecular complexity index is 173. The van der Waals surface area contributed by atoms with Crippen LogP contribution in [0.3, 0.4) is 0 Å². The molecule has 1 saturated heterocycles. The van der Waals surface area contributed by atoms with Crippen molar-refractivity contribution < 1.29 is 9.53 Å². The van der Waals surface area contributed by atoms with Gasteiger partial charge in [0.05, 0.1) is 7.11 Å². The van der Waals surface area contributed by atoms with Crippen LogP contribution in [0.5, 0.6) is 0 Å². The van der Waals surface area contributed by atoms with E-state index >= 15 is 0 Å². The minimum atomic E-state index is -0.122. The summed E-state index contributed by atoms with van der Waals surface area (Å²) < 4.78 is 4.55. The van der Waals surface area contributed by atoms with Gasteiger partial charge in [0, 0.05) is 19.0 Å². The zero-order valence-corrected chi connectivity index (χ0v) is 8.16. The van der Waals surface area contributed by atoms with Gasteiger partial charge in [-0.2, -0.15) is 0 Å². The molecule has 0 aliphatic carbocycles. The maximum atomic E-state index is 10.8. The standard InChI is InChI=1S/C9H18N2O2/c1-13-9(12)3-2-5-11-6-4-8(10)7-11/h8H,2-7,10H2,1H3. The Morgan fingerprint density at radius 2 is 2.46 bits per heavy atom. The highest BCUT2D eigenvalue weighted by Crippen LogP contribution is 2.07. The number of methoxy groups -OCH3 is 1. The third-order valence-corrected chi connectivity index (χ3v) is 2.39. The Hall–Kier alpha value is -0.610. The van der Waals surface area contributed by atoms with E-state index < -0.39 is 0 Å². The van der Waals surface area contributed by atoms with E-state index in [2.05, 4.69) is 9.64 Å². The molecule has 2 N–H and O–H groups in total. The second-order valence-corrected chi connectivity index (χ2v) is 3.53. The second kappa shape index (κ2) is 5.19. The van der Waals surface area contributed by atoms with Crippen LogP contribution in [0.2, 0.25) is 0 Å². The van der Waals surface area contributed by atoms with Gasteiger partial charge in [0.1, 0.15) is 0 Å². The number of ether oxygens (including phenoxy) is 1. The Morgan fingerprint density at radius 3 is 3.00 bits per heavy atom. The fraction of sp³-hybridized carbons (Fsp3) is 0.889. The van der Waals surface area contributed by atoms with Gasteiger partial charge < -0.3 is 15.4 Å². The van der Waals surface area contributed by atoms with Crippen molar-refractivity contribution in [2.24, 2.45) is 5.73 Å². The van der Waals surface area contributed by atoms with Crippen LogP contribution in [0.1, 0.15) is 19.3 Å². The topological polar surface area (TPSA) is 55.6 Å². The molecule has 0 aromatic carbocycles. The van der Waals surface area contributed by atoms with Crippen molar-refractivity contribution in [1.82, 2.24) is 4.90 Å². The second-order valence-electron chi connectivity index (χ2n) is 3.53. The van der Waals surface area contributed by atoms with Crippen molar-refractivity contribution in [3.05, 3.63) is 0 Å². The Kier molecular flexibility index (Phi) is 4.18. The van der Waals surface area contributed by atoms with Gasteiger partial charge in [-0.1, -0.05) is 0 Å². The predicted octanol–water partition coefficient (Wildman–Crippen LogP) is -0.0274.